The Morgan fingerprint density at radius 3 is 2.63 bits per heavy atom. The monoisotopic (exact) mass is 283 g/mol. The first-order valence-electron chi connectivity index (χ1n) is 6.14. The summed E-state index contributed by atoms with van der Waals surface area (Å²) in [6.45, 7) is 3.01. The van der Waals surface area contributed by atoms with Crippen molar-refractivity contribution in [3.8, 4) is 0 Å². The molecule has 1 unspecified atom stereocenters. The highest BCUT2D eigenvalue weighted by molar-refractivity contribution is 7.89. The van der Waals surface area contributed by atoms with Gasteiger partial charge in [-0.25, -0.2) is 13.2 Å². The van der Waals surface area contributed by atoms with E-state index in [4.69, 9.17) is 0 Å². The largest absolute Gasteiger partial charge is 0.465 e. The van der Waals surface area contributed by atoms with Gasteiger partial charge in [-0.3, -0.25) is 0 Å². The van der Waals surface area contributed by atoms with Crippen molar-refractivity contribution in [3.63, 3.8) is 0 Å². The van der Waals surface area contributed by atoms with Crippen LogP contribution in [0.3, 0.4) is 0 Å². The molecule has 1 aromatic rings. The van der Waals surface area contributed by atoms with Crippen molar-refractivity contribution in [2.24, 2.45) is 5.92 Å². The zero-order valence-corrected chi connectivity index (χ0v) is 11.8. The summed E-state index contributed by atoms with van der Waals surface area (Å²) in [5, 5.41) is 0. The number of carbonyl (C=O) groups is 1. The molecule has 0 aliphatic carbocycles. The molecule has 5 nitrogen and oxygen atoms in total. The maximum absolute atomic E-state index is 12.5. The molecule has 1 fully saturated rings. The first-order valence-corrected chi connectivity index (χ1v) is 7.58. The van der Waals surface area contributed by atoms with Crippen LogP contribution in [0.4, 0.5) is 0 Å². The lowest BCUT2D eigenvalue weighted by atomic mass is 10.2. The fraction of sp³-hybridized carbons (Fsp3) is 0.462. The van der Waals surface area contributed by atoms with Crippen LogP contribution < -0.4 is 0 Å². The summed E-state index contributed by atoms with van der Waals surface area (Å²) in [6, 6.07) is 6.15. The summed E-state index contributed by atoms with van der Waals surface area (Å²) in [4.78, 5) is 11.7. The van der Waals surface area contributed by atoms with Crippen LogP contribution in [0.2, 0.25) is 0 Å². The van der Waals surface area contributed by atoms with Crippen LogP contribution in [0.5, 0.6) is 0 Å². The van der Waals surface area contributed by atoms with E-state index in [0.717, 1.165) is 6.42 Å². The number of esters is 1. The first-order chi connectivity index (χ1) is 8.96. The van der Waals surface area contributed by atoms with Crippen molar-refractivity contribution in [3.05, 3.63) is 29.8 Å². The molecule has 0 saturated carbocycles. The third kappa shape index (κ3) is 2.64. The third-order valence-electron chi connectivity index (χ3n) is 3.30. The molecule has 1 aliphatic heterocycles. The highest BCUT2D eigenvalue weighted by Gasteiger charge is 2.33. The molecule has 0 spiro atoms. The minimum Gasteiger partial charge on any atom is -0.465 e. The highest BCUT2D eigenvalue weighted by atomic mass is 32.2. The van der Waals surface area contributed by atoms with Crippen LogP contribution in [0.15, 0.2) is 29.2 Å². The average Bonchev–Trinajstić information content (AvgIpc) is 2.85. The molecule has 0 amide bonds. The smallest absolute Gasteiger partial charge is 0.339 e. The summed E-state index contributed by atoms with van der Waals surface area (Å²) in [7, 11) is -2.39. The van der Waals surface area contributed by atoms with E-state index in [1.807, 2.05) is 6.92 Å². The molecule has 1 heterocycles. The fourth-order valence-corrected chi connectivity index (χ4v) is 3.98. The molecule has 19 heavy (non-hydrogen) atoms. The Balaban J connectivity index is 2.44. The molecule has 1 atom stereocenters. The molecule has 0 bridgehead atoms. The van der Waals surface area contributed by atoms with Crippen molar-refractivity contribution < 1.29 is 17.9 Å². The normalized spacial score (nSPS) is 20.4. The predicted octanol–water partition coefficient (Wildman–Crippen LogP) is 1.50. The second-order valence-corrected chi connectivity index (χ2v) is 6.65. The summed E-state index contributed by atoms with van der Waals surface area (Å²) in [5.74, 6) is -0.286. The van der Waals surface area contributed by atoms with Crippen molar-refractivity contribution >= 4 is 16.0 Å². The van der Waals surface area contributed by atoms with Gasteiger partial charge in [-0.2, -0.15) is 4.31 Å². The molecular weight excluding hydrogens is 266 g/mol. The van der Waals surface area contributed by atoms with Crippen molar-refractivity contribution in [2.45, 2.75) is 18.2 Å². The number of hydrogen-bond donors (Lipinski definition) is 0. The van der Waals surface area contributed by atoms with Gasteiger partial charge >= 0.3 is 5.97 Å². The molecular formula is C13H17NO4S. The maximum atomic E-state index is 12.5. The highest BCUT2D eigenvalue weighted by Crippen LogP contribution is 2.26. The number of ether oxygens (including phenoxy) is 1. The Kier molecular flexibility index (Phi) is 3.91. The van der Waals surface area contributed by atoms with E-state index in [-0.39, 0.29) is 10.5 Å². The van der Waals surface area contributed by atoms with E-state index in [9.17, 15) is 13.2 Å². The van der Waals surface area contributed by atoms with E-state index < -0.39 is 16.0 Å². The van der Waals surface area contributed by atoms with Gasteiger partial charge in [0.1, 0.15) is 0 Å². The Bertz CT molecular complexity index is 582. The number of sulfonamides is 1. The number of hydrogen-bond acceptors (Lipinski definition) is 4. The summed E-state index contributed by atoms with van der Waals surface area (Å²) in [6.07, 6.45) is 0.847. The number of rotatable bonds is 3. The van der Waals surface area contributed by atoms with Gasteiger partial charge in [-0.05, 0) is 24.5 Å². The first kappa shape index (κ1) is 14.0. The van der Waals surface area contributed by atoms with Gasteiger partial charge in [0.25, 0.3) is 0 Å². The topological polar surface area (TPSA) is 63.7 Å². The van der Waals surface area contributed by atoms with Crippen LogP contribution in [-0.4, -0.2) is 38.9 Å². The molecule has 6 heteroatoms. The minimum atomic E-state index is -3.62. The Labute approximate surface area is 113 Å². The Morgan fingerprint density at radius 2 is 2.05 bits per heavy atom. The molecule has 1 aliphatic rings. The van der Waals surface area contributed by atoms with Gasteiger partial charge < -0.3 is 4.74 Å². The van der Waals surface area contributed by atoms with Gasteiger partial charge in [-0.1, -0.05) is 19.1 Å². The Hall–Kier alpha value is -1.40. The van der Waals surface area contributed by atoms with Gasteiger partial charge in [0, 0.05) is 13.1 Å². The predicted molar refractivity (Wildman–Crippen MR) is 70.3 cm³/mol. The van der Waals surface area contributed by atoms with Crippen molar-refractivity contribution in [2.75, 3.05) is 20.2 Å². The van der Waals surface area contributed by atoms with Crippen molar-refractivity contribution in [1.29, 1.82) is 0 Å². The number of carbonyl (C=O) groups excluding carboxylic acids is 1. The maximum Gasteiger partial charge on any atom is 0.339 e. The lowest BCUT2D eigenvalue weighted by Gasteiger charge is -2.17. The quantitative estimate of drug-likeness (QED) is 0.789. The van der Waals surface area contributed by atoms with E-state index >= 15 is 0 Å². The van der Waals surface area contributed by atoms with E-state index in [1.165, 1.54) is 23.5 Å². The van der Waals surface area contributed by atoms with Gasteiger partial charge in [0.15, 0.2) is 0 Å². The van der Waals surface area contributed by atoms with E-state index in [2.05, 4.69) is 4.74 Å². The second-order valence-electron chi connectivity index (χ2n) is 4.74. The van der Waals surface area contributed by atoms with Crippen molar-refractivity contribution in [1.82, 2.24) is 4.31 Å². The average molecular weight is 283 g/mol. The SMILES string of the molecule is COC(=O)c1ccccc1S(=O)(=O)N1CCC(C)C1. The molecule has 0 aromatic heterocycles. The number of benzene rings is 1. The summed E-state index contributed by atoms with van der Waals surface area (Å²) < 4.78 is 31.1. The fourth-order valence-electron chi connectivity index (χ4n) is 2.22. The minimum absolute atomic E-state index is 0.0240. The van der Waals surface area contributed by atoms with E-state index in [0.29, 0.717) is 19.0 Å². The van der Waals surface area contributed by atoms with E-state index in [1.54, 1.807) is 12.1 Å². The molecule has 2 rings (SSSR count). The zero-order chi connectivity index (χ0) is 14.0. The van der Waals surface area contributed by atoms with Crippen LogP contribution in [-0.2, 0) is 14.8 Å². The standard InChI is InChI=1S/C13H17NO4S/c1-10-7-8-14(9-10)19(16,17)12-6-4-3-5-11(12)13(15)18-2/h3-6,10H,7-9H2,1-2H3. The molecule has 0 N–H and O–H groups in total. The third-order valence-corrected chi connectivity index (χ3v) is 5.22. The van der Waals surface area contributed by atoms with Crippen LogP contribution in [0.25, 0.3) is 0 Å². The molecule has 1 saturated heterocycles. The number of nitrogens with zero attached hydrogens (tertiary/aromatic N) is 1. The molecule has 104 valence electrons. The summed E-state index contributed by atoms with van der Waals surface area (Å²) in [5.41, 5.74) is 0.0875. The second kappa shape index (κ2) is 5.30. The number of methoxy groups -OCH3 is 1. The van der Waals surface area contributed by atoms with Gasteiger partial charge in [0.2, 0.25) is 10.0 Å². The Morgan fingerprint density at radius 1 is 1.37 bits per heavy atom. The zero-order valence-electron chi connectivity index (χ0n) is 11.0. The van der Waals surface area contributed by atoms with Gasteiger partial charge in [0.05, 0.1) is 17.6 Å². The molecule has 1 aromatic carbocycles. The lowest BCUT2D eigenvalue weighted by Crippen LogP contribution is -2.30. The lowest BCUT2D eigenvalue weighted by molar-refractivity contribution is 0.0596. The molecule has 0 radical (unpaired) electrons. The van der Waals surface area contributed by atoms with Gasteiger partial charge in [-0.15, -0.1) is 0 Å². The van der Waals surface area contributed by atoms with Crippen LogP contribution >= 0.6 is 0 Å². The van der Waals surface area contributed by atoms with Crippen LogP contribution in [0, 0.1) is 5.92 Å². The van der Waals surface area contributed by atoms with Crippen LogP contribution in [0.1, 0.15) is 23.7 Å². The summed E-state index contributed by atoms with van der Waals surface area (Å²) >= 11 is 0.